The van der Waals surface area contributed by atoms with Crippen LogP contribution < -0.4 is 0 Å². The molecule has 0 saturated heterocycles. The summed E-state index contributed by atoms with van der Waals surface area (Å²) in [5.74, 6) is 0. The van der Waals surface area contributed by atoms with Gasteiger partial charge in [-0.15, -0.1) is 0 Å². The maximum atomic E-state index is 12.3. The highest BCUT2D eigenvalue weighted by atomic mass is 35.5. The third kappa shape index (κ3) is 2.39. The van der Waals surface area contributed by atoms with Crippen molar-refractivity contribution < 1.29 is 22.0 Å². The Morgan fingerprint density at radius 3 is 2.31 bits per heavy atom. The van der Waals surface area contributed by atoms with Gasteiger partial charge in [0.05, 0.1) is 5.02 Å². The number of aromatic nitrogens is 1. The maximum Gasteiger partial charge on any atom is 0.434 e. The lowest BCUT2D eigenvalue weighted by Gasteiger charge is -2.10. The lowest BCUT2D eigenvalue weighted by atomic mass is 10.2. The van der Waals surface area contributed by atoms with E-state index < -0.39 is 34.6 Å². The topological polar surface area (TPSA) is 36.7 Å². The monoisotopic (exact) mass is 256 g/mol. The Balaban J connectivity index is 3.51. The van der Waals surface area contributed by atoms with Gasteiger partial charge in [0, 0.05) is 0 Å². The van der Waals surface area contributed by atoms with Crippen LogP contribution in [0.1, 0.15) is 23.4 Å². The number of pyridine rings is 1. The van der Waals surface area contributed by atoms with Crippen LogP contribution in [0.5, 0.6) is 0 Å². The number of hydrogen-bond acceptors (Lipinski definition) is 2. The van der Waals surface area contributed by atoms with Crippen molar-refractivity contribution in [3.8, 4) is 6.07 Å². The molecule has 0 unspecified atom stereocenters. The lowest BCUT2D eigenvalue weighted by Crippen LogP contribution is -2.13. The Hall–Kier alpha value is -1.42. The van der Waals surface area contributed by atoms with Crippen molar-refractivity contribution in [2.75, 3.05) is 0 Å². The third-order valence-corrected chi connectivity index (χ3v) is 1.89. The molecule has 1 rings (SSSR count). The van der Waals surface area contributed by atoms with Crippen molar-refractivity contribution in [1.29, 1.82) is 5.26 Å². The van der Waals surface area contributed by atoms with Crippen LogP contribution in [0, 0.1) is 11.3 Å². The second-order valence-corrected chi connectivity index (χ2v) is 3.07. The van der Waals surface area contributed by atoms with E-state index in [1.807, 2.05) is 0 Å². The summed E-state index contributed by atoms with van der Waals surface area (Å²) in [7, 11) is 0. The van der Waals surface area contributed by atoms with Crippen molar-refractivity contribution in [3.05, 3.63) is 28.0 Å². The zero-order valence-electron chi connectivity index (χ0n) is 7.32. The van der Waals surface area contributed by atoms with E-state index in [2.05, 4.69) is 4.98 Å². The molecular weight excluding hydrogens is 255 g/mol. The summed E-state index contributed by atoms with van der Waals surface area (Å²) in [5.41, 5.74) is -3.77. The Labute approximate surface area is 91.3 Å². The second-order valence-electron chi connectivity index (χ2n) is 2.66. The average molecular weight is 257 g/mol. The van der Waals surface area contributed by atoms with E-state index in [1.165, 1.54) is 6.07 Å². The smallest absolute Gasteiger partial charge is 0.241 e. The van der Waals surface area contributed by atoms with Crippen molar-refractivity contribution in [2.45, 2.75) is 12.6 Å². The van der Waals surface area contributed by atoms with Crippen LogP contribution in [0.4, 0.5) is 22.0 Å². The van der Waals surface area contributed by atoms with Crippen LogP contribution in [0.15, 0.2) is 6.07 Å². The van der Waals surface area contributed by atoms with Gasteiger partial charge in [0.1, 0.15) is 17.3 Å². The van der Waals surface area contributed by atoms with Crippen LogP contribution >= 0.6 is 11.6 Å². The van der Waals surface area contributed by atoms with E-state index in [4.69, 9.17) is 16.9 Å². The first-order valence-electron chi connectivity index (χ1n) is 3.73. The molecule has 0 atom stereocenters. The molecule has 16 heavy (non-hydrogen) atoms. The van der Waals surface area contributed by atoms with E-state index in [0.717, 1.165) is 0 Å². The van der Waals surface area contributed by atoms with Gasteiger partial charge in [-0.3, -0.25) is 0 Å². The molecule has 0 fully saturated rings. The first kappa shape index (κ1) is 12.6. The van der Waals surface area contributed by atoms with Crippen molar-refractivity contribution in [1.82, 2.24) is 4.98 Å². The molecule has 0 aromatic carbocycles. The molecule has 1 aromatic heterocycles. The summed E-state index contributed by atoms with van der Waals surface area (Å²) < 4.78 is 61.4. The van der Waals surface area contributed by atoms with Crippen LogP contribution in [0.25, 0.3) is 0 Å². The van der Waals surface area contributed by atoms with Crippen molar-refractivity contribution in [2.24, 2.45) is 0 Å². The summed E-state index contributed by atoms with van der Waals surface area (Å²) in [6.45, 7) is 0. The molecule has 0 aliphatic rings. The highest BCUT2D eigenvalue weighted by molar-refractivity contribution is 6.31. The van der Waals surface area contributed by atoms with Gasteiger partial charge in [-0.2, -0.15) is 18.4 Å². The van der Waals surface area contributed by atoms with E-state index in [0.29, 0.717) is 6.07 Å². The van der Waals surface area contributed by atoms with Gasteiger partial charge in [0.15, 0.2) is 5.69 Å². The predicted molar refractivity (Wildman–Crippen MR) is 43.9 cm³/mol. The first-order chi connectivity index (χ1) is 7.27. The van der Waals surface area contributed by atoms with Crippen LogP contribution in [0.2, 0.25) is 5.02 Å². The summed E-state index contributed by atoms with van der Waals surface area (Å²) in [6, 6.07) is 1.72. The maximum absolute atomic E-state index is 12.3. The molecule has 2 nitrogen and oxygen atoms in total. The summed E-state index contributed by atoms with van der Waals surface area (Å²) in [5, 5.41) is 7.74. The SMILES string of the molecule is N#Cc1c(Cl)cc(C(F)F)nc1C(F)(F)F. The summed E-state index contributed by atoms with van der Waals surface area (Å²) >= 11 is 5.29. The molecule has 0 aliphatic carbocycles. The van der Waals surface area contributed by atoms with E-state index in [9.17, 15) is 22.0 Å². The van der Waals surface area contributed by atoms with Gasteiger partial charge in [-0.25, -0.2) is 13.8 Å². The second kappa shape index (κ2) is 4.22. The molecule has 0 N–H and O–H groups in total. The Bertz CT molecular complexity index is 449. The predicted octanol–water partition coefficient (Wildman–Crippen LogP) is 3.56. The van der Waals surface area contributed by atoms with Gasteiger partial charge in [-0.1, -0.05) is 11.6 Å². The highest BCUT2D eigenvalue weighted by Crippen LogP contribution is 2.35. The van der Waals surface area contributed by atoms with E-state index in [-0.39, 0.29) is 0 Å². The largest absolute Gasteiger partial charge is 0.434 e. The molecule has 0 amide bonds. The zero-order valence-corrected chi connectivity index (χ0v) is 8.07. The van der Waals surface area contributed by atoms with Gasteiger partial charge in [0.2, 0.25) is 0 Å². The number of nitriles is 1. The van der Waals surface area contributed by atoms with Crippen LogP contribution in [-0.4, -0.2) is 4.98 Å². The minimum atomic E-state index is -5.00. The van der Waals surface area contributed by atoms with Gasteiger partial charge < -0.3 is 0 Å². The lowest BCUT2D eigenvalue weighted by molar-refractivity contribution is -0.141. The number of hydrogen-bond donors (Lipinski definition) is 0. The number of halogens is 6. The molecule has 0 spiro atoms. The molecule has 8 heteroatoms. The molecule has 1 heterocycles. The highest BCUT2D eigenvalue weighted by Gasteiger charge is 2.37. The Morgan fingerprint density at radius 1 is 1.38 bits per heavy atom. The minimum absolute atomic E-state index is 0.542. The van der Waals surface area contributed by atoms with Crippen molar-refractivity contribution in [3.63, 3.8) is 0 Å². The molecule has 0 bridgehead atoms. The number of rotatable bonds is 1. The normalized spacial score (nSPS) is 11.6. The van der Waals surface area contributed by atoms with Gasteiger partial charge in [-0.05, 0) is 6.07 Å². The molecule has 86 valence electrons. The minimum Gasteiger partial charge on any atom is -0.241 e. The van der Waals surface area contributed by atoms with Gasteiger partial charge in [0.25, 0.3) is 6.43 Å². The van der Waals surface area contributed by atoms with Crippen LogP contribution in [-0.2, 0) is 6.18 Å². The van der Waals surface area contributed by atoms with Gasteiger partial charge >= 0.3 is 6.18 Å². The standard InChI is InChI=1S/C8H2ClF5N2/c9-4-1-5(7(10)11)16-6(3(4)2-15)8(12,13)14/h1,7H. The quantitative estimate of drug-likeness (QED) is 0.720. The summed E-state index contributed by atoms with van der Waals surface area (Å²) in [4.78, 5) is 2.69. The van der Waals surface area contributed by atoms with E-state index in [1.54, 1.807) is 0 Å². The summed E-state index contributed by atoms with van der Waals surface area (Å²) in [6.07, 6.45) is -8.19. The Morgan fingerprint density at radius 2 is 1.94 bits per heavy atom. The first-order valence-corrected chi connectivity index (χ1v) is 4.11. The molecule has 0 aliphatic heterocycles. The average Bonchev–Trinajstić information content (AvgIpc) is 2.14. The molecular formula is C8H2ClF5N2. The zero-order chi connectivity index (χ0) is 12.5. The van der Waals surface area contributed by atoms with E-state index >= 15 is 0 Å². The number of alkyl halides is 5. The fraction of sp³-hybridized carbons (Fsp3) is 0.250. The molecule has 1 aromatic rings. The van der Waals surface area contributed by atoms with Crippen LogP contribution in [0.3, 0.4) is 0 Å². The fourth-order valence-electron chi connectivity index (χ4n) is 0.956. The fourth-order valence-corrected chi connectivity index (χ4v) is 1.20. The Kier molecular flexibility index (Phi) is 3.33. The molecule has 0 radical (unpaired) electrons. The third-order valence-electron chi connectivity index (χ3n) is 1.60. The number of nitrogens with zero attached hydrogens (tertiary/aromatic N) is 2. The van der Waals surface area contributed by atoms with Crippen molar-refractivity contribution >= 4 is 11.6 Å². The molecule has 0 saturated carbocycles.